The van der Waals surface area contributed by atoms with Gasteiger partial charge in [-0.05, 0) is 55.8 Å². The Morgan fingerprint density at radius 1 is 1.09 bits per heavy atom. The first-order chi connectivity index (χ1) is 10.4. The van der Waals surface area contributed by atoms with Crippen LogP contribution in [0.4, 0.5) is 5.69 Å². The van der Waals surface area contributed by atoms with Gasteiger partial charge in [-0.2, -0.15) is 0 Å². The fraction of sp³-hybridized carbons (Fsp3) is 0.235. The van der Waals surface area contributed by atoms with Crippen molar-refractivity contribution in [2.24, 2.45) is 0 Å². The van der Waals surface area contributed by atoms with Gasteiger partial charge in [0.25, 0.3) is 0 Å². The maximum absolute atomic E-state index is 11.8. The highest BCUT2D eigenvalue weighted by Gasteiger charge is 2.37. The number of carbonyl (C=O) groups is 1. The Kier molecular flexibility index (Phi) is 3.71. The molecule has 0 saturated heterocycles. The summed E-state index contributed by atoms with van der Waals surface area (Å²) < 4.78 is 11.0. The number of benzene rings is 2. The van der Waals surface area contributed by atoms with E-state index in [1.807, 2.05) is 42.5 Å². The molecule has 0 amide bonds. The fourth-order valence-corrected chi connectivity index (χ4v) is 2.26. The van der Waals surface area contributed by atoms with Crippen LogP contribution in [0.2, 0.25) is 5.02 Å². The summed E-state index contributed by atoms with van der Waals surface area (Å²) in [6, 6.07) is 13.0. The van der Waals surface area contributed by atoms with Gasteiger partial charge < -0.3 is 14.8 Å². The van der Waals surface area contributed by atoms with Crippen LogP contribution in [0.5, 0.6) is 11.5 Å². The number of nitrogens with one attached hydrogen (secondary N) is 1. The molecule has 0 atom stereocenters. The minimum absolute atomic E-state index is 0.386. The number of rotatable bonds is 3. The van der Waals surface area contributed by atoms with Gasteiger partial charge in [0.2, 0.25) is 5.60 Å². The Labute approximate surface area is 134 Å². The molecule has 0 aromatic heterocycles. The molecular formula is C17H16ClNO3. The predicted octanol–water partition coefficient (Wildman–Crippen LogP) is 4.03. The van der Waals surface area contributed by atoms with Gasteiger partial charge in [-0.15, -0.1) is 0 Å². The van der Waals surface area contributed by atoms with Crippen LogP contribution in [0.3, 0.4) is 0 Å². The Morgan fingerprint density at radius 3 is 2.55 bits per heavy atom. The Balaban J connectivity index is 1.73. The number of fused-ring (bicyclic) bond motifs is 1. The standard InChI is InChI=1S/C17H16ClNO3/c1-17(2)16(20)21-15-9-11(3-8-14(15)22-17)10-19-13-6-4-12(18)5-7-13/h3-9,19H,10H2,1-2H3. The average molecular weight is 318 g/mol. The third-order valence-electron chi connectivity index (χ3n) is 3.41. The molecule has 0 spiro atoms. The number of hydrogen-bond acceptors (Lipinski definition) is 4. The highest BCUT2D eigenvalue weighted by Crippen LogP contribution is 2.36. The Hall–Kier alpha value is -2.20. The lowest BCUT2D eigenvalue weighted by Crippen LogP contribution is -2.44. The summed E-state index contributed by atoms with van der Waals surface area (Å²) in [6.45, 7) is 3.98. The number of halogens is 1. The van der Waals surface area contributed by atoms with E-state index in [1.165, 1.54) is 0 Å². The van der Waals surface area contributed by atoms with Crippen molar-refractivity contribution in [3.05, 3.63) is 53.1 Å². The van der Waals surface area contributed by atoms with Crippen molar-refractivity contribution in [3.8, 4) is 11.5 Å². The fourth-order valence-electron chi connectivity index (χ4n) is 2.14. The molecule has 2 aromatic carbocycles. The van der Waals surface area contributed by atoms with Gasteiger partial charge in [-0.25, -0.2) is 4.79 Å². The lowest BCUT2D eigenvalue weighted by atomic mass is 10.1. The summed E-state index contributed by atoms with van der Waals surface area (Å²) in [5.74, 6) is 0.655. The lowest BCUT2D eigenvalue weighted by Gasteiger charge is -2.30. The summed E-state index contributed by atoms with van der Waals surface area (Å²) in [7, 11) is 0. The van der Waals surface area contributed by atoms with E-state index < -0.39 is 5.60 Å². The van der Waals surface area contributed by atoms with E-state index in [0.29, 0.717) is 23.1 Å². The average Bonchev–Trinajstić information content (AvgIpc) is 2.48. The monoisotopic (exact) mass is 317 g/mol. The summed E-state index contributed by atoms with van der Waals surface area (Å²) in [6.07, 6.45) is 0. The zero-order valence-corrected chi connectivity index (χ0v) is 13.1. The molecule has 1 N–H and O–H groups in total. The summed E-state index contributed by atoms with van der Waals surface area (Å²) in [5.41, 5.74) is 1.01. The second kappa shape index (κ2) is 5.54. The first-order valence-corrected chi connectivity index (χ1v) is 7.35. The summed E-state index contributed by atoms with van der Waals surface area (Å²) >= 11 is 5.85. The van der Waals surface area contributed by atoms with E-state index in [2.05, 4.69) is 5.32 Å². The molecule has 0 unspecified atom stereocenters. The van der Waals surface area contributed by atoms with Crippen molar-refractivity contribution in [1.82, 2.24) is 0 Å². The van der Waals surface area contributed by atoms with E-state index in [1.54, 1.807) is 13.8 Å². The van der Waals surface area contributed by atoms with Crippen molar-refractivity contribution in [1.29, 1.82) is 0 Å². The minimum atomic E-state index is -0.948. The van der Waals surface area contributed by atoms with Crippen LogP contribution in [-0.2, 0) is 11.3 Å². The maximum atomic E-state index is 11.8. The number of anilines is 1. The molecule has 1 aliphatic heterocycles. The van der Waals surface area contributed by atoms with Crippen molar-refractivity contribution in [2.75, 3.05) is 5.32 Å². The molecule has 2 aromatic rings. The predicted molar refractivity (Wildman–Crippen MR) is 85.6 cm³/mol. The summed E-state index contributed by atoms with van der Waals surface area (Å²) in [4.78, 5) is 11.8. The maximum Gasteiger partial charge on any atom is 0.355 e. The molecule has 5 heteroatoms. The molecule has 3 rings (SSSR count). The molecule has 0 radical (unpaired) electrons. The van der Waals surface area contributed by atoms with Gasteiger partial charge in [-0.1, -0.05) is 17.7 Å². The zero-order chi connectivity index (χ0) is 15.7. The highest BCUT2D eigenvalue weighted by atomic mass is 35.5. The minimum Gasteiger partial charge on any atom is -0.472 e. The molecule has 0 bridgehead atoms. The topological polar surface area (TPSA) is 47.6 Å². The SMILES string of the molecule is CC1(C)Oc2ccc(CNc3ccc(Cl)cc3)cc2OC1=O. The largest absolute Gasteiger partial charge is 0.472 e. The molecule has 1 aliphatic rings. The van der Waals surface area contributed by atoms with E-state index in [4.69, 9.17) is 21.1 Å². The van der Waals surface area contributed by atoms with Crippen LogP contribution in [0.15, 0.2) is 42.5 Å². The van der Waals surface area contributed by atoms with Crippen LogP contribution in [-0.4, -0.2) is 11.6 Å². The number of esters is 1. The highest BCUT2D eigenvalue weighted by molar-refractivity contribution is 6.30. The zero-order valence-electron chi connectivity index (χ0n) is 12.4. The van der Waals surface area contributed by atoms with Gasteiger partial charge in [0.05, 0.1) is 0 Å². The van der Waals surface area contributed by atoms with Gasteiger partial charge >= 0.3 is 5.97 Å². The third-order valence-corrected chi connectivity index (χ3v) is 3.66. The van der Waals surface area contributed by atoms with Crippen LogP contribution in [0, 0.1) is 0 Å². The Morgan fingerprint density at radius 2 is 1.82 bits per heavy atom. The first kappa shape index (κ1) is 14.7. The molecule has 22 heavy (non-hydrogen) atoms. The van der Waals surface area contributed by atoms with E-state index in [0.717, 1.165) is 11.3 Å². The molecule has 0 aliphatic carbocycles. The van der Waals surface area contributed by atoms with Crippen molar-refractivity contribution < 1.29 is 14.3 Å². The molecular weight excluding hydrogens is 302 g/mol. The van der Waals surface area contributed by atoms with Crippen LogP contribution in [0.1, 0.15) is 19.4 Å². The molecule has 4 nitrogen and oxygen atoms in total. The first-order valence-electron chi connectivity index (χ1n) is 6.98. The van der Waals surface area contributed by atoms with Crippen LogP contribution >= 0.6 is 11.6 Å². The Bertz CT molecular complexity index is 710. The van der Waals surface area contributed by atoms with Crippen molar-refractivity contribution >= 4 is 23.3 Å². The quantitative estimate of drug-likeness (QED) is 0.686. The van der Waals surface area contributed by atoms with Crippen LogP contribution < -0.4 is 14.8 Å². The number of hydrogen-bond donors (Lipinski definition) is 1. The van der Waals surface area contributed by atoms with E-state index in [-0.39, 0.29) is 5.97 Å². The van der Waals surface area contributed by atoms with Gasteiger partial charge in [0.15, 0.2) is 11.5 Å². The number of carbonyl (C=O) groups excluding carboxylic acids is 1. The van der Waals surface area contributed by atoms with Gasteiger partial charge in [-0.3, -0.25) is 0 Å². The van der Waals surface area contributed by atoms with E-state index >= 15 is 0 Å². The molecule has 114 valence electrons. The lowest BCUT2D eigenvalue weighted by molar-refractivity contribution is -0.152. The number of ether oxygens (including phenoxy) is 2. The molecule has 1 heterocycles. The molecule has 0 saturated carbocycles. The van der Waals surface area contributed by atoms with Crippen molar-refractivity contribution in [2.45, 2.75) is 26.0 Å². The van der Waals surface area contributed by atoms with Crippen LogP contribution in [0.25, 0.3) is 0 Å². The second-order valence-corrected chi connectivity index (χ2v) is 6.08. The van der Waals surface area contributed by atoms with E-state index in [9.17, 15) is 4.79 Å². The molecule has 0 fully saturated rings. The van der Waals surface area contributed by atoms with Gasteiger partial charge in [0.1, 0.15) is 0 Å². The normalized spacial score (nSPS) is 15.5. The summed E-state index contributed by atoms with van der Waals surface area (Å²) in [5, 5.41) is 3.98. The smallest absolute Gasteiger partial charge is 0.355 e. The van der Waals surface area contributed by atoms with Gasteiger partial charge in [0, 0.05) is 17.3 Å². The third kappa shape index (κ3) is 3.02. The van der Waals surface area contributed by atoms with Crippen molar-refractivity contribution in [3.63, 3.8) is 0 Å². The second-order valence-electron chi connectivity index (χ2n) is 5.64.